The smallest absolute Gasteiger partial charge is 0.273 e. The highest BCUT2D eigenvalue weighted by Gasteiger charge is 2.10. The van der Waals surface area contributed by atoms with E-state index in [2.05, 4.69) is 21.2 Å². The zero-order valence-electron chi connectivity index (χ0n) is 14.6. The van der Waals surface area contributed by atoms with Gasteiger partial charge >= 0.3 is 0 Å². The molecule has 0 unspecified atom stereocenters. The summed E-state index contributed by atoms with van der Waals surface area (Å²) < 4.78 is 0. The topological polar surface area (TPSA) is 115 Å². The van der Waals surface area contributed by atoms with Crippen LogP contribution in [0.1, 0.15) is 18.9 Å². The van der Waals surface area contributed by atoms with Crippen molar-refractivity contribution in [2.45, 2.75) is 20.3 Å². The molecular weight excluding hydrogens is 334 g/mol. The molecule has 8 heteroatoms. The Morgan fingerprint density at radius 1 is 1.23 bits per heavy atom. The van der Waals surface area contributed by atoms with E-state index in [0.29, 0.717) is 18.7 Å². The van der Waals surface area contributed by atoms with Crippen LogP contribution in [0.25, 0.3) is 0 Å². The van der Waals surface area contributed by atoms with Crippen molar-refractivity contribution >= 4 is 22.7 Å². The standard InChI is InChI=1S/C18H19N5O3/c1-3-22(10-4-9-19)14-5-7-16(13(2)11-14)20-21-17-8-6-15(23(25)26)12-18(17)24/h5-8,11-12,24H,3-4,10H2,1-2H3. The number of hydrogen-bond acceptors (Lipinski definition) is 7. The summed E-state index contributed by atoms with van der Waals surface area (Å²) in [6, 6.07) is 11.5. The number of nitriles is 1. The molecule has 0 atom stereocenters. The van der Waals surface area contributed by atoms with Gasteiger partial charge in [0.15, 0.2) is 0 Å². The number of azo groups is 1. The summed E-state index contributed by atoms with van der Waals surface area (Å²) in [7, 11) is 0. The molecule has 2 rings (SSSR count). The van der Waals surface area contributed by atoms with Gasteiger partial charge in [0.2, 0.25) is 0 Å². The molecule has 0 fully saturated rings. The maximum absolute atomic E-state index is 10.7. The monoisotopic (exact) mass is 353 g/mol. The Morgan fingerprint density at radius 2 is 1.92 bits per heavy atom. The predicted molar refractivity (Wildman–Crippen MR) is 98.2 cm³/mol. The minimum absolute atomic E-state index is 0.156. The number of nitrogens with zero attached hydrogens (tertiary/aromatic N) is 5. The Labute approximate surface area is 151 Å². The molecule has 0 saturated carbocycles. The summed E-state index contributed by atoms with van der Waals surface area (Å²) in [6.07, 6.45) is 0.452. The number of hydrogen-bond donors (Lipinski definition) is 1. The van der Waals surface area contributed by atoms with Gasteiger partial charge in [0, 0.05) is 24.8 Å². The minimum atomic E-state index is -0.588. The lowest BCUT2D eigenvalue weighted by Crippen LogP contribution is -2.23. The van der Waals surface area contributed by atoms with Gasteiger partial charge in [0.25, 0.3) is 5.69 Å². The van der Waals surface area contributed by atoms with E-state index >= 15 is 0 Å². The third kappa shape index (κ3) is 4.54. The first kappa shape index (κ1) is 18.9. The third-order valence-electron chi connectivity index (χ3n) is 3.86. The lowest BCUT2D eigenvalue weighted by molar-refractivity contribution is -0.384. The Bertz CT molecular complexity index is 874. The van der Waals surface area contributed by atoms with Gasteiger partial charge < -0.3 is 10.0 Å². The van der Waals surface area contributed by atoms with Crippen LogP contribution in [0.5, 0.6) is 5.75 Å². The lowest BCUT2D eigenvalue weighted by atomic mass is 10.1. The van der Waals surface area contributed by atoms with Crippen molar-refractivity contribution < 1.29 is 10.0 Å². The molecule has 8 nitrogen and oxygen atoms in total. The maximum atomic E-state index is 10.7. The van der Waals surface area contributed by atoms with E-state index < -0.39 is 4.92 Å². The van der Waals surface area contributed by atoms with Gasteiger partial charge in [-0.15, -0.1) is 5.11 Å². The Morgan fingerprint density at radius 3 is 2.50 bits per heavy atom. The Kier molecular flexibility index (Phi) is 6.22. The second kappa shape index (κ2) is 8.58. The van der Waals surface area contributed by atoms with E-state index in [-0.39, 0.29) is 17.1 Å². The molecule has 0 heterocycles. The highest BCUT2D eigenvalue weighted by molar-refractivity contribution is 5.59. The Hall–Kier alpha value is -3.47. The summed E-state index contributed by atoms with van der Waals surface area (Å²) in [5, 5.41) is 37.4. The normalized spacial score (nSPS) is 10.7. The van der Waals surface area contributed by atoms with Crippen LogP contribution in [0.15, 0.2) is 46.6 Å². The molecule has 0 amide bonds. The lowest BCUT2D eigenvalue weighted by Gasteiger charge is -2.22. The van der Waals surface area contributed by atoms with Crippen LogP contribution in [0.4, 0.5) is 22.7 Å². The molecule has 0 bridgehead atoms. The summed E-state index contributed by atoms with van der Waals surface area (Å²) in [6.45, 7) is 5.37. The molecule has 1 N–H and O–H groups in total. The van der Waals surface area contributed by atoms with Crippen LogP contribution in [0.2, 0.25) is 0 Å². The SMILES string of the molecule is CCN(CCC#N)c1ccc(N=Nc2ccc([N+](=O)[O-])cc2O)c(C)c1. The Balaban J connectivity index is 2.21. The molecule has 26 heavy (non-hydrogen) atoms. The summed E-state index contributed by atoms with van der Waals surface area (Å²) in [5.74, 6) is -0.300. The fraction of sp³-hybridized carbons (Fsp3) is 0.278. The molecule has 2 aromatic carbocycles. The second-order valence-corrected chi connectivity index (χ2v) is 5.59. The molecule has 134 valence electrons. The van der Waals surface area contributed by atoms with Crippen LogP contribution < -0.4 is 4.90 Å². The van der Waals surface area contributed by atoms with Crippen LogP contribution in [-0.2, 0) is 0 Å². The van der Waals surface area contributed by atoms with Crippen LogP contribution in [-0.4, -0.2) is 23.1 Å². The highest BCUT2D eigenvalue weighted by Crippen LogP contribution is 2.32. The van der Waals surface area contributed by atoms with E-state index in [1.165, 1.54) is 12.1 Å². The van der Waals surface area contributed by atoms with E-state index in [1.807, 2.05) is 32.0 Å². The van der Waals surface area contributed by atoms with Crippen LogP contribution in [0.3, 0.4) is 0 Å². The van der Waals surface area contributed by atoms with Crippen LogP contribution in [0, 0.1) is 28.4 Å². The first-order chi connectivity index (χ1) is 12.5. The van der Waals surface area contributed by atoms with Crippen LogP contribution >= 0.6 is 0 Å². The third-order valence-corrected chi connectivity index (χ3v) is 3.86. The zero-order chi connectivity index (χ0) is 19.1. The van der Waals surface area contributed by atoms with Crippen molar-refractivity contribution in [3.8, 4) is 11.8 Å². The first-order valence-electron chi connectivity index (χ1n) is 8.08. The van der Waals surface area contributed by atoms with Crippen molar-refractivity contribution in [3.05, 3.63) is 52.1 Å². The second-order valence-electron chi connectivity index (χ2n) is 5.59. The summed E-state index contributed by atoms with van der Waals surface area (Å²) in [4.78, 5) is 12.2. The number of non-ortho nitro benzene ring substituents is 1. The van der Waals surface area contributed by atoms with Crippen molar-refractivity contribution in [2.24, 2.45) is 10.2 Å². The van der Waals surface area contributed by atoms with E-state index in [4.69, 9.17) is 5.26 Å². The fourth-order valence-corrected chi connectivity index (χ4v) is 2.42. The van der Waals surface area contributed by atoms with Crippen molar-refractivity contribution in [2.75, 3.05) is 18.0 Å². The molecule has 0 saturated heterocycles. The van der Waals surface area contributed by atoms with E-state index in [1.54, 1.807) is 0 Å². The summed E-state index contributed by atoms with van der Waals surface area (Å²) in [5.41, 5.74) is 2.46. The number of benzene rings is 2. The zero-order valence-corrected chi connectivity index (χ0v) is 14.6. The molecular formula is C18H19N5O3. The number of anilines is 1. The molecule has 0 aliphatic heterocycles. The number of nitro benzene ring substituents is 1. The van der Waals surface area contributed by atoms with Crippen molar-refractivity contribution in [3.63, 3.8) is 0 Å². The van der Waals surface area contributed by atoms with Gasteiger partial charge in [-0.1, -0.05) is 0 Å². The van der Waals surface area contributed by atoms with Gasteiger partial charge in [-0.25, -0.2) is 0 Å². The molecule has 0 aliphatic carbocycles. The van der Waals surface area contributed by atoms with Gasteiger partial charge in [-0.3, -0.25) is 10.1 Å². The van der Waals surface area contributed by atoms with Crippen molar-refractivity contribution in [1.82, 2.24) is 0 Å². The highest BCUT2D eigenvalue weighted by atomic mass is 16.6. The van der Waals surface area contributed by atoms with Gasteiger partial charge in [0.05, 0.1) is 29.2 Å². The van der Waals surface area contributed by atoms with E-state index in [9.17, 15) is 15.2 Å². The number of phenolic OH excluding ortho intramolecular Hbond substituents is 1. The number of phenols is 1. The fourth-order valence-electron chi connectivity index (χ4n) is 2.42. The van der Waals surface area contributed by atoms with E-state index in [0.717, 1.165) is 23.9 Å². The number of nitro groups is 1. The first-order valence-corrected chi connectivity index (χ1v) is 8.08. The summed E-state index contributed by atoms with van der Waals surface area (Å²) >= 11 is 0. The number of aryl methyl sites for hydroxylation is 1. The molecule has 0 aliphatic rings. The minimum Gasteiger partial charge on any atom is -0.505 e. The average molecular weight is 353 g/mol. The van der Waals surface area contributed by atoms with Gasteiger partial charge in [-0.05, 0) is 43.7 Å². The molecule has 2 aromatic rings. The van der Waals surface area contributed by atoms with Crippen molar-refractivity contribution in [1.29, 1.82) is 5.26 Å². The quantitative estimate of drug-likeness (QED) is 0.437. The molecule has 0 spiro atoms. The van der Waals surface area contributed by atoms with Gasteiger partial charge in [0.1, 0.15) is 11.4 Å². The molecule has 0 aromatic heterocycles. The van der Waals surface area contributed by atoms with Gasteiger partial charge in [-0.2, -0.15) is 10.4 Å². The number of aromatic hydroxyl groups is 1. The average Bonchev–Trinajstić information content (AvgIpc) is 2.62. The maximum Gasteiger partial charge on any atom is 0.273 e. The predicted octanol–water partition coefficient (Wildman–Crippen LogP) is 4.76. The number of rotatable bonds is 7. The largest absolute Gasteiger partial charge is 0.505 e. The molecule has 0 radical (unpaired) electrons.